The van der Waals surface area contributed by atoms with Crippen LogP contribution in [0.5, 0.6) is 0 Å². The van der Waals surface area contributed by atoms with Crippen molar-refractivity contribution in [3.8, 4) is 11.3 Å². The number of rotatable bonds is 4. The van der Waals surface area contributed by atoms with Crippen LogP contribution < -0.4 is 0 Å². The Labute approximate surface area is 151 Å². The second kappa shape index (κ2) is 6.55. The minimum absolute atomic E-state index is 0.653. The van der Waals surface area contributed by atoms with Crippen LogP contribution >= 0.6 is 0 Å². The van der Waals surface area contributed by atoms with Gasteiger partial charge in [-0.05, 0) is 25.5 Å². The Balaban J connectivity index is 1.68. The summed E-state index contributed by atoms with van der Waals surface area (Å²) in [7, 11) is 1.99. The standard InChI is InChI=1S/C20H20N6/c1-4-15-12-21-14(2)26-20(15)23-18(24-26)10-11-19-22-17(13-25(19)3)16-8-6-5-7-9-16/h5-13H,4H2,1-3H3. The molecule has 0 aliphatic carbocycles. The number of aromatic nitrogens is 6. The van der Waals surface area contributed by atoms with Gasteiger partial charge in [-0.2, -0.15) is 4.52 Å². The van der Waals surface area contributed by atoms with E-state index in [0.29, 0.717) is 5.82 Å². The Morgan fingerprint density at radius 2 is 1.88 bits per heavy atom. The lowest BCUT2D eigenvalue weighted by molar-refractivity contribution is 0.846. The van der Waals surface area contributed by atoms with Crippen molar-refractivity contribution in [2.75, 3.05) is 0 Å². The predicted molar refractivity (Wildman–Crippen MR) is 102 cm³/mol. The molecule has 0 fully saturated rings. The molecular weight excluding hydrogens is 324 g/mol. The molecule has 3 aromatic heterocycles. The van der Waals surface area contributed by atoms with Crippen molar-refractivity contribution in [2.45, 2.75) is 20.3 Å². The average molecular weight is 344 g/mol. The Bertz CT molecular complexity index is 1090. The van der Waals surface area contributed by atoms with Gasteiger partial charge in [-0.3, -0.25) is 0 Å². The Morgan fingerprint density at radius 1 is 1.08 bits per heavy atom. The van der Waals surface area contributed by atoms with Crippen LogP contribution in [0.15, 0.2) is 42.7 Å². The topological polar surface area (TPSA) is 60.9 Å². The number of benzene rings is 1. The number of nitrogens with zero attached hydrogens (tertiary/aromatic N) is 6. The maximum absolute atomic E-state index is 4.70. The van der Waals surface area contributed by atoms with Crippen molar-refractivity contribution < 1.29 is 0 Å². The van der Waals surface area contributed by atoms with Crippen molar-refractivity contribution in [3.05, 3.63) is 65.8 Å². The van der Waals surface area contributed by atoms with Crippen molar-refractivity contribution in [2.24, 2.45) is 7.05 Å². The summed E-state index contributed by atoms with van der Waals surface area (Å²) in [5.41, 5.74) is 4.00. The summed E-state index contributed by atoms with van der Waals surface area (Å²) in [6, 6.07) is 10.1. The van der Waals surface area contributed by atoms with Gasteiger partial charge in [0.1, 0.15) is 11.6 Å². The summed E-state index contributed by atoms with van der Waals surface area (Å²) in [6.07, 6.45) is 8.60. The van der Waals surface area contributed by atoms with Crippen LogP contribution in [-0.2, 0) is 13.5 Å². The van der Waals surface area contributed by atoms with Gasteiger partial charge in [-0.25, -0.2) is 15.0 Å². The van der Waals surface area contributed by atoms with Crippen LogP contribution in [0, 0.1) is 6.92 Å². The molecule has 0 spiro atoms. The molecule has 0 amide bonds. The van der Waals surface area contributed by atoms with Gasteiger partial charge < -0.3 is 4.57 Å². The van der Waals surface area contributed by atoms with E-state index in [1.54, 1.807) is 4.52 Å². The predicted octanol–water partition coefficient (Wildman–Crippen LogP) is 3.57. The van der Waals surface area contributed by atoms with E-state index in [1.807, 2.05) is 61.3 Å². The smallest absolute Gasteiger partial charge is 0.175 e. The molecule has 0 atom stereocenters. The van der Waals surface area contributed by atoms with E-state index < -0.39 is 0 Å². The summed E-state index contributed by atoms with van der Waals surface area (Å²) in [5.74, 6) is 2.33. The minimum atomic E-state index is 0.653. The third kappa shape index (κ3) is 2.90. The molecule has 1 aromatic carbocycles. The van der Waals surface area contributed by atoms with Crippen LogP contribution in [0.2, 0.25) is 0 Å². The van der Waals surface area contributed by atoms with Crippen molar-refractivity contribution in [3.63, 3.8) is 0 Å². The summed E-state index contributed by atoms with van der Waals surface area (Å²) in [4.78, 5) is 13.7. The number of aryl methyl sites for hydroxylation is 3. The first kappa shape index (κ1) is 16.2. The highest BCUT2D eigenvalue weighted by Gasteiger charge is 2.09. The Morgan fingerprint density at radius 3 is 2.65 bits per heavy atom. The van der Waals surface area contributed by atoms with E-state index in [-0.39, 0.29) is 0 Å². The molecule has 0 saturated heterocycles. The molecule has 0 aliphatic rings. The first-order valence-corrected chi connectivity index (χ1v) is 8.64. The summed E-state index contributed by atoms with van der Waals surface area (Å²) in [5, 5.41) is 4.55. The maximum atomic E-state index is 4.70. The zero-order valence-electron chi connectivity index (χ0n) is 15.1. The minimum Gasteiger partial charge on any atom is -0.334 e. The summed E-state index contributed by atoms with van der Waals surface area (Å²) >= 11 is 0. The van der Waals surface area contributed by atoms with E-state index >= 15 is 0 Å². The van der Waals surface area contributed by atoms with Gasteiger partial charge in [-0.1, -0.05) is 37.3 Å². The first-order chi connectivity index (χ1) is 12.7. The van der Waals surface area contributed by atoms with E-state index in [2.05, 4.69) is 34.1 Å². The fraction of sp³-hybridized carbons (Fsp3) is 0.200. The van der Waals surface area contributed by atoms with Crippen LogP contribution in [0.25, 0.3) is 29.1 Å². The fourth-order valence-electron chi connectivity index (χ4n) is 2.90. The molecular formula is C20H20N6. The van der Waals surface area contributed by atoms with Crippen molar-refractivity contribution in [1.29, 1.82) is 0 Å². The average Bonchev–Trinajstić information content (AvgIpc) is 3.25. The zero-order valence-corrected chi connectivity index (χ0v) is 15.1. The lowest BCUT2D eigenvalue weighted by Crippen LogP contribution is -2.00. The van der Waals surface area contributed by atoms with E-state index in [4.69, 9.17) is 4.98 Å². The van der Waals surface area contributed by atoms with Gasteiger partial charge >= 0.3 is 0 Å². The third-order valence-electron chi connectivity index (χ3n) is 4.37. The molecule has 4 rings (SSSR count). The van der Waals surface area contributed by atoms with Gasteiger partial charge in [0.05, 0.1) is 5.69 Å². The summed E-state index contributed by atoms with van der Waals surface area (Å²) < 4.78 is 3.80. The largest absolute Gasteiger partial charge is 0.334 e. The summed E-state index contributed by atoms with van der Waals surface area (Å²) in [6.45, 7) is 4.02. The fourth-order valence-corrected chi connectivity index (χ4v) is 2.90. The molecule has 26 heavy (non-hydrogen) atoms. The second-order valence-electron chi connectivity index (χ2n) is 6.18. The molecule has 0 radical (unpaired) electrons. The van der Waals surface area contributed by atoms with E-state index in [9.17, 15) is 0 Å². The highest BCUT2D eigenvalue weighted by molar-refractivity contribution is 5.67. The van der Waals surface area contributed by atoms with E-state index in [1.165, 1.54) is 0 Å². The van der Waals surface area contributed by atoms with Crippen molar-refractivity contribution in [1.82, 2.24) is 29.1 Å². The highest BCUT2D eigenvalue weighted by atomic mass is 15.3. The van der Waals surface area contributed by atoms with E-state index in [0.717, 1.165) is 40.5 Å². The van der Waals surface area contributed by atoms with Gasteiger partial charge in [0.2, 0.25) is 0 Å². The maximum Gasteiger partial charge on any atom is 0.175 e. The molecule has 130 valence electrons. The molecule has 0 bridgehead atoms. The highest BCUT2D eigenvalue weighted by Crippen LogP contribution is 2.19. The zero-order chi connectivity index (χ0) is 18.1. The van der Waals surface area contributed by atoms with Gasteiger partial charge in [0.25, 0.3) is 0 Å². The quantitative estimate of drug-likeness (QED) is 0.568. The monoisotopic (exact) mass is 344 g/mol. The Hall–Kier alpha value is -3.28. The lowest BCUT2D eigenvalue weighted by atomic mass is 10.2. The number of fused-ring (bicyclic) bond motifs is 1. The molecule has 4 aromatic rings. The molecule has 0 unspecified atom stereocenters. The van der Waals surface area contributed by atoms with Crippen LogP contribution in [0.3, 0.4) is 0 Å². The van der Waals surface area contributed by atoms with Crippen LogP contribution in [0.4, 0.5) is 0 Å². The second-order valence-corrected chi connectivity index (χ2v) is 6.18. The van der Waals surface area contributed by atoms with Crippen molar-refractivity contribution >= 4 is 17.8 Å². The first-order valence-electron chi connectivity index (χ1n) is 8.64. The Kier molecular flexibility index (Phi) is 4.08. The third-order valence-corrected chi connectivity index (χ3v) is 4.37. The van der Waals surface area contributed by atoms with Crippen LogP contribution in [-0.4, -0.2) is 29.1 Å². The number of hydrogen-bond acceptors (Lipinski definition) is 4. The molecule has 6 heteroatoms. The molecule has 0 N–H and O–H groups in total. The van der Waals surface area contributed by atoms with Gasteiger partial charge in [-0.15, -0.1) is 5.10 Å². The number of hydrogen-bond donors (Lipinski definition) is 0. The molecule has 3 heterocycles. The van der Waals surface area contributed by atoms with Gasteiger partial charge in [0.15, 0.2) is 11.5 Å². The molecule has 6 nitrogen and oxygen atoms in total. The lowest BCUT2D eigenvalue weighted by Gasteiger charge is -2.00. The SMILES string of the molecule is CCc1cnc(C)n2nc(C=Cc3nc(-c4ccccc4)cn3C)nc12. The number of imidazole rings is 1. The normalized spacial score (nSPS) is 11.7. The molecule has 0 saturated carbocycles. The van der Waals surface area contributed by atoms with Gasteiger partial charge in [0, 0.05) is 30.6 Å². The molecule has 0 aliphatic heterocycles. The van der Waals surface area contributed by atoms with Crippen LogP contribution in [0.1, 0.15) is 30.0 Å².